The van der Waals surface area contributed by atoms with E-state index in [1.54, 1.807) is 12.1 Å². The predicted octanol–water partition coefficient (Wildman–Crippen LogP) is 2.47. The summed E-state index contributed by atoms with van der Waals surface area (Å²) in [5.41, 5.74) is 0.248. The fraction of sp³-hybridized carbons (Fsp3) is 0.500. The van der Waals surface area contributed by atoms with E-state index < -0.39 is 16.4 Å². The molecule has 0 aromatic heterocycles. The lowest BCUT2D eigenvalue weighted by molar-refractivity contribution is -0.384. The van der Waals surface area contributed by atoms with E-state index in [0.717, 1.165) is 5.56 Å². The molecule has 1 aromatic carbocycles. The highest BCUT2D eigenvalue weighted by atomic mass is 16.6. The first-order chi connectivity index (χ1) is 10.2. The van der Waals surface area contributed by atoms with Crippen LogP contribution in [0.15, 0.2) is 24.3 Å². The molecule has 1 aromatic rings. The fourth-order valence-electron chi connectivity index (χ4n) is 3.75. The van der Waals surface area contributed by atoms with Crippen LogP contribution in [0.5, 0.6) is 0 Å². The van der Waals surface area contributed by atoms with Gasteiger partial charge >= 0.3 is 5.97 Å². The molecule has 0 heterocycles. The Morgan fingerprint density at radius 2 is 1.82 bits per heavy atom. The average Bonchev–Trinajstić information content (AvgIpc) is 3.13. The van der Waals surface area contributed by atoms with Crippen LogP contribution < -0.4 is 0 Å². The number of nitro benzene ring substituents is 1. The number of Topliss-reactive ketones (excluding diaryl/α,β-unsaturated/α-hetero) is 1. The summed E-state index contributed by atoms with van der Waals surface area (Å²) in [6.45, 7) is 4.96. The summed E-state index contributed by atoms with van der Waals surface area (Å²) in [5.74, 6) is -0.465. The van der Waals surface area contributed by atoms with E-state index in [9.17, 15) is 19.7 Å². The fourth-order valence-corrected chi connectivity index (χ4v) is 3.75. The summed E-state index contributed by atoms with van der Waals surface area (Å²) in [6.07, 6.45) is -0.428. The molecule has 6 nitrogen and oxygen atoms in total. The smallest absolute Gasteiger partial charge is 0.302 e. The highest BCUT2D eigenvalue weighted by Crippen LogP contribution is 2.67. The number of rotatable bonds is 3. The lowest BCUT2D eigenvalue weighted by Crippen LogP contribution is -2.37. The Morgan fingerprint density at radius 1 is 1.23 bits per heavy atom. The van der Waals surface area contributed by atoms with Gasteiger partial charge in [0.1, 0.15) is 11.9 Å². The molecule has 2 saturated carbocycles. The molecule has 2 fully saturated rings. The lowest BCUT2D eigenvalue weighted by atomic mass is 9.81. The molecule has 0 amide bonds. The molecule has 2 aliphatic carbocycles. The van der Waals surface area contributed by atoms with Gasteiger partial charge in [-0.2, -0.15) is 0 Å². The molecule has 6 heteroatoms. The predicted molar refractivity (Wildman–Crippen MR) is 77.2 cm³/mol. The van der Waals surface area contributed by atoms with Gasteiger partial charge in [0.25, 0.3) is 5.69 Å². The van der Waals surface area contributed by atoms with Crippen molar-refractivity contribution in [3.63, 3.8) is 0 Å². The minimum atomic E-state index is -0.668. The van der Waals surface area contributed by atoms with Crippen LogP contribution in [0.1, 0.15) is 32.3 Å². The van der Waals surface area contributed by atoms with Crippen LogP contribution in [0.3, 0.4) is 0 Å². The molecule has 0 N–H and O–H groups in total. The normalized spacial score (nSPS) is 31.5. The molecular formula is C16H17NO5. The number of ketones is 1. The summed E-state index contributed by atoms with van der Waals surface area (Å²) in [4.78, 5) is 34.1. The molecule has 116 valence electrons. The maximum atomic E-state index is 12.5. The number of carbonyl (C=O) groups is 2. The van der Waals surface area contributed by atoms with Gasteiger partial charge in [-0.15, -0.1) is 0 Å². The Kier molecular flexibility index (Phi) is 3.09. The van der Waals surface area contributed by atoms with Crippen LogP contribution in [-0.4, -0.2) is 22.8 Å². The number of carbonyl (C=O) groups excluding carboxylic acids is 2. The topological polar surface area (TPSA) is 86.5 Å². The minimum Gasteiger partial charge on any atom is -0.461 e. The average molecular weight is 303 g/mol. The summed E-state index contributed by atoms with van der Waals surface area (Å²) in [5, 5.41) is 10.7. The van der Waals surface area contributed by atoms with Crippen molar-refractivity contribution in [1.29, 1.82) is 0 Å². The third-order valence-corrected chi connectivity index (χ3v) is 4.86. The molecule has 4 atom stereocenters. The molecule has 0 spiro atoms. The molecule has 3 rings (SSSR count). The Balaban J connectivity index is 1.86. The van der Waals surface area contributed by atoms with Gasteiger partial charge in [0.05, 0.1) is 10.3 Å². The number of nitrogens with zero attached hydrogens (tertiary/aromatic N) is 1. The van der Waals surface area contributed by atoms with Crippen molar-refractivity contribution in [2.24, 2.45) is 17.3 Å². The number of benzene rings is 1. The largest absolute Gasteiger partial charge is 0.461 e. The maximum Gasteiger partial charge on any atom is 0.302 e. The molecule has 0 aliphatic heterocycles. The van der Waals surface area contributed by atoms with E-state index in [-0.39, 0.29) is 35.2 Å². The number of hydrogen-bond donors (Lipinski definition) is 0. The summed E-state index contributed by atoms with van der Waals surface area (Å²) in [7, 11) is 0. The van der Waals surface area contributed by atoms with Crippen molar-refractivity contribution < 1.29 is 19.2 Å². The minimum absolute atomic E-state index is 0.00863. The van der Waals surface area contributed by atoms with Crippen molar-refractivity contribution in [3.8, 4) is 0 Å². The highest BCUT2D eigenvalue weighted by Gasteiger charge is 2.71. The Morgan fingerprint density at radius 3 is 2.32 bits per heavy atom. The van der Waals surface area contributed by atoms with Crippen LogP contribution >= 0.6 is 0 Å². The van der Waals surface area contributed by atoms with E-state index in [4.69, 9.17) is 4.74 Å². The molecule has 0 radical (unpaired) electrons. The van der Waals surface area contributed by atoms with Gasteiger partial charge in [0.2, 0.25) is 0 Å². The van der Waals surface area contributed by atoms with E-state index in [1.807, 2.05) is 13.8 Å². The standard InChI is InChI=1S/C16H17NO5/c1-8(18)22-15-13-11(12(13)14(19)16(15,2)3)9-4-6-10(7-5-9)17(20)21/h4-7,11-13,15H,1-3H3/t11-,12+,13-,15-/m1/s1. The zero-order valence-electron chi connectivity index (χ0n) is 12.6. The summed E-state index contributed by atoms with van der Waals surface area (Å²) >= 11 is 0. The molecule has 0 bridgehead atoms. The van der Waals surface area contributed by atoms with E-state index in [0.29, 0.717) is 0 Å². The van der Waals surface area contributed by atoms with Crippen molar-refractivity contribution in [2.75, 3.05) is 0 Å². The van der Waals surface area contributed by atoms with E-state index >= 15 is 0 Å². The first kappa shape index (κ1) is 14.7. The first-order valence-electron chi connectivity index (χ1n) is 7.21. The molecular weight excluding hydrogens is 286 g/mol. The zero-order valence-corrected chi connectivity index (χ0v) is 12.6. The second kappa shape index (κ2) is 4.63. The van der Waals surface area contributed by atoms with E-state index in [1.165, 1.54) is 19.1 Å². The van der Waals surface area contributed by atoms with Gasteiger partial charge in [-0.25, -0.2) is 0 Å². The molecule has 0 unspecified atom stereocenters. The molecule has 2 aliphatic rings. The number of nitro groups is 1. The lowest BCUT2D eigenvalue weighted by Gasteiger charge is -2.29. The van der Waals surface area contributed by atoms with Gasteiger partial charge < -0.3 is 4.74 Å². The second-order valence-corrected chi connectivity index (χ2v) is 6.59. The van der Waals surface area contributed by atoms with Crippen LogP contribution in [0, 0.1) is 27.4 Å². The Hall–Kier alpha value is -2.24. The van der Waals surface area contributed by atoms with Gasteiger partial charge in [-0.3, -0.25) is 19.7 Å². The van der Waals surface area contributed by atoms with Gasteiger partial charge in [-0.1, -0.05) is 12.1 Å². The maximum absolute atomic E-state index is 12.5. The monoisotopic (exact) mass is 303 g/mol. The summed E-state index contributed by atoms with van der Waals surface area (Å²) in [6, 6.07) is 6.26. The van der Waals surface area contributed by atoms with Crippen molar-refractivity contribution in [2.45, 2.75) is 32.8 Å². The number of esters is 1. The molecule has 0 saturated heterocycles. The third-order valence-electron chi connectivity index (χ3n) is 4.86. The third kappa shape index (κ3) is 2.01. The van der Waals surface area contributed by atoms with Gasteiger partial charge in [-0.05, 0) is 19.4 Å². The quantitative estimate of drug-likeness (QED) is 0.486. The van der Waals surface area contributed by atoms with Crippen LogP contribution in [0.2, 0.25) is 0 Å². The van der Waals surface area contributed by atoms with Crippen LogP contribution in [-0.2, 0) is 14.3 Å². The van der Waals surface area contributed by atoms with Crippen molar-refractivity contribution >= 4 is 17.4 Å². The highest BCUT2D eigenvalue weighted by molar-refractivity contribution is 5.95. The van der Waals surface area contributed by atoms with E-state index in [2.05, 4.69) is 0 Å². The van der Waals surface area contributed by atoms with Crippen molar-refractivity contribution in [3.05, 3.63) is 39.9 Å². The number of fused-ring (bicyclic) bond motifs is 1. The summed E-state index contributed by atoms with van der Waals surface area (Å²) < 4.78 is 5.40. The Labute approximate surface area is 127 Å². The van der Waals surface area contributed by atoms with Crippen molar-refractivity contribution in [1.82, 2.24) is 0 Å². The molecule has 22 heavy (non-hydrogen) atoms. The van der Waals surface area contributed by atoms with Gasteiger partial charge in [0.15, 0.2) is 0 Å². The van der Waals surface area contributed by atoms with Crippen LogP contribution in [0.25, 0.3) is 0 Å². The SMILES string of the molecule is CC(=O)O[C@@H]1[C@H]2[C@@H](C(=O)C1(C)C)[C@H]2c1ccc([N+](=O)[O-])cc1. The number of hydrogen-bond acceptors (Lipinski definition) is 5. The first-order valence-corrected chi connectivity index (χ1v) is 7.21. The number of non-ortho nitro benzene ring substituents is 1. The van der Waals surface area contributed by atoms with Gasteiger partial charge in [0, 0.05) is 36.8 Å². The zero-order chi connectivity index (χ0) is 16.2. The Bertz CT molecular complexity index is 664. The second-order valence-electron chi connectivity index (χ2n) is 6.59. The number of ether oxygens (including phenoxy) is 1. The van der Waals surface area contributed by atoms with Crippen LogP contribution in [0.4, 0.5) is 5.69 Å².